The minimum atomic E-state index is 0.0229. The van der Waals surface area contributed by atoms with E-state index in [1.54, 1.807) is 6.08 Å². The molecule has 2 aromatic carbocycles. The molecule has 0 fully saturated rings. The Labute approximate surface area is 132 Å². The van der Waals surface area contributed by atoms with Crippen molar-refractivity contribution in [3.05, 3.63) is 91.1 Å². The van der Waals surface area contributed by atoms with Gasteiger partial charge in [-0.1, -0.05) is 55.7 Å². The Morgan fingerprint density at radius 2 is 1.91 bits per heavy atom. The van der Waals surface area contributed by atoms with Crippen molar-refractivity contribution in [2.45, 2.75) is 13.1 Å². The van der Waals surface area contributed by atoms with Crippen LogP contribution in [0.1, 0.15) is 5.56 Å². The average molecular weight is 288 g/mol. The van der Waals surface area contributed by atoms with Gasteiger partial charge in [0.2, 0.25) is 0 Å². The van der Waals surface area contributed by atoms with Crippen LogP contribution in [0.3, 0.4) is 0 Å². The largest absolute Gasteiger partial charge is 0.359 e. The maximum atomic E-state index is 3.95. The summed E-state index contributed by atoms with van der Waals surface area (Å²) in [5, 5.41) is 3.58. The molecule has 1 unspecified atom stereocenters. The minimum absolute atomic E-state index is 0.0229. The highest BCUT2D eigenvalue weighted by atomic mass is 15.3. The Morgan fingerprint density at radius 1 is 1.14 bits per heavy atom. The van der Waals surface area contributed by atoms with E-state index in [2.05, 4.69) is 72.8 Å². The number of hydrogen-bond donors (Lipinski definition) is 1. The number of nitrogens with one attached hydrogen (secondary N) is 1. The summed E-state index contributed by atoms with van der Waals surface area (Å²) in [6.45, 7) is 9.88. The van der Waals surface area contributed by atoms with E-state index in [9.17, 15) is 0 Å². The third-order valence-corrected chi connectivity index (χ3v) is 3.86. The molecule has 3 rings (SSSR count). The van der Waals surface area contributed by atoms with E-state index >= 15 is 0 Å². The average Bonchev–Trinajstić information content (AvgIpc) is 2.91. The molecule has 0 aliphatic carbocycles. The van der Waals surface area contributed by atoms with Gasteiger partial charge < -0.3 is 10.2 Å². The minimum Gasteiger partial charge on any atom is -0.359 e. The van der Waals surface area contributed by atoms with Crippen LogP contribution in [-0.2, 0) is 0 Å². The van der Waals surface area contributed by atoms with Crippen molar-refractivity contribution >= 4 is 17.1 Å². The van der Waals surface area contributed by atoms with Crippen LogP contribution in [0, 0.1) is 6.92 Å². The SMILES string of the molecule is C=C/C=C(\C=C)C1Nc2ccc(C)cc2N1c1ccccc1. The van der Waals surface area contributed by atoms with Crippen LogP contribution in [0.25, 0.3) is 0 Å². The first kappa shape index (κ1) is 14.2. The fourth-order valence-corrected chi connectivity index (χ4v) is 2.83. The molecule has 1 aliphatic rings. The summed E-state index contributed by atoms with van der Waals surface area (Å²) < 4.78 is 0. The monoisotopic (exact) mass is 288 g/mol. The molecule has 0 radical (unpaired) electrons. The van der Waals surface area contributed by atoms with Gasteiger partial charge in [-0.05, 0) is 42.3 Å². The third kappa shape index (κ3) is 2.44. The summed E-state index contributed by atoms with van der Waals surface area (Å²) in [7, 11) is 0. The number of rotatable bonds is 4. The van der Waals surface area contributed by atoms with Crippen molar-refractivity contribution in [2.75, 3.05) is 10.2 Å². The zero-order valence-corrected chi connectivity index (χ0v) is 12.8. The number of hydrogen-bond acceptors (Lipinski definition) is 2. The molecule has 0 saturated heterocycles. The number of para-hydroxylation sites is 1. The maximum absolute atomic E-state index is 3.95. The maximum Gasteiger partial charge on any atom is 0.130 e. The Morgan fingerprint density at radius 3 is 2.59 bits per heavy atom. The van der Waals surface area contributed by atoms with Crippen LogP contribution in [0.15, 0.2) is 85.5 Å². The smallest absolute Gasteiger partial charge is 0.130 e. The Bertz CT molecular complexity index is 729. The Kier molecular flexibility index (Phi) is 3.84. The van der Waals surface area contributed by atoms with E-state index in [1.807, 2.05) is 18.2 Å². The van der Waals surface area contributed by atoms with E-state index in [1.165, 1.54) is 11.3 Å². The highest BCUT2D eigenvalue weighted by Gasteiger charge is 2.31. The molecule has 0 spiro atoms. The topological polar surface area (TPSA) is 15.3 Å². The second-order valence-corrected chi connectivity index (χ2v) is 5.38. The number of nitrogens with zero attached hydrogens (tertiary/aromatic N) is 1. The molecular weight excluding hydrogens is 268 g/mol. The normalized spacial score (nSPS) is 16.9. The summed E-state index contributed by atoms with van der Waals surface area (Å²) in [5.41, 5.74) is 5.81. The van der Waals surface area contributed by atoms with Crippen molar-refractivity contribution < 1.29 is 0 Å². The molecule has 22 heavy (non-hydrogen) atoms. The predicted octanol–water partition coefficient (Wildman–Crippen LogP) is 5.18. The van der Waals surface area contributed by atoms with Gasteiger partial charge in [0.05, 0.1) is 11.4 Å². The van der Waals surface area contributed by atoms with Gasteiger partial charge in [0.15, 0.2) is 0 Å². The predicted molar refractivity (Wildman–Crippen MR) is 95.6 cm³/mol. The molecule has 1 aliphatic heterocycles. The van der Waals surface area contributed by atoms with Gasteiger partial charge >= 0.3 is 0 Å². The fourth-order valence-electron chi connectivity index (χ4n) is 2.83. The highest BCUT2D eigenvalue weighted by Crippen LogP contribution is 2.42. The van der Waals surface area contributed by atoms with Crippen LogP contribution in [-0.4, -0.2) is 6.17 Å². The van der Waals surface area contributed by atoms with Crippen LogP contribution < -0.4 is 10.2 Å². The second kappa shape index (κ2) is 5.94. The number of anilines is 3. The molecule has 1 N–H and O–H groups in total. The van der Waals surface area contributed by atoms with Crippen LogP contribution in [0.4, 0.5) is 17.1 Å². The number of aryl methyl sites for hydroxylation is 1. The lowest BCUT2D eigenvalue weighted by atomic mass is 10.1. The molecule has 2 heteroatoms. The van der Waals surface area contributed by atoms with E-state index in [4.69, 9.17) is 0 Å². The second-order valence-electron chi connectivity index (χ2n) is 5.38. The van der Waals surface area contributed by atoms with E-state index < -0.39 is 0 Å². The molecule has 2 nitrogen and oxygen atoms in total. The van der Waals surface area contributed by atoms with Crippen molar-refractivity contribution in [3.63, 3.8) is 0 Å². The first-order chi connectivity index (χ1) is 10.7. The lowest BCUT2D eigenvalue weighted by Gasteiger charge is -2.28. The Hall–Kier alpha value is -2.74. The van der Waals surface area contributed by atoms with Crippen LogP contribution in [0.5, 0.6) is 0 Å². The van der Waals surface area contributed by atoms with Crippen molar-refractivity contribution in [2.24, 2.45) is 0 Å². The van der Waals surface area contributed by atoms with Crippen molar-refractivity contribution in [3.8, 4) is 0 Å². The first-order valence-corrected chi connectivity index (χ1v) is 7.41. The number of fused-ring (bicyclic) bond motifs is 1. The molecule has 0 saturated carbocycles. The van der Waals surface area contributed by atoms with E-state index in [0.717, 1.165) is 16.9 Å². The summed E-state index contributed by atoms with van der Waals surface area (Å²) in [6.07, 6.45) is 5.71. The van der Waals surface area contributed by atoms with Crippen molar-refractivity contribution in [1.29, 1.82) is 0 Å². The lowest BCUT2D eigenvalue weighted by molar-refractivity contribution is 0.889. The standard InChI is InChI=1S/C20H20N2/c1-4-9-16(5-2)20-21-18-13-12-15(3)14-19(18)22(20)17-10-7-6-8-11-17/h4-14,20-21H,1-2H2,3H3/b16-9+. The fraction of sp³-hybridized carbons (Fsp3) is 0.100. The van der Waals surface area contributed by atoms with Gasteiger partial charge in [0.25, 0.3) is 0 Å². The molecular formula is C20H20N2. The zero-order chi connectivity index (χ0) is 15.5. The quantitative estimate of drug-likeness (QED) is 0.779. The first-order valence-electron chi connectivity index (χ1n) is 7.41. The zero-order valence-electron chi connectivity index (χ0n) is 12.8. The Balaban J connectivity index is 2.14. The summed E-state index contributed by atoms with van der Waals surface area (Å²) in [5.74, 6) is 0. The highest BCUT2D eigenvalue weighted by molar-refractivity contribution is 5.84. The van der Waals surface area contributed by atoms with Gasteiger partial charge in [-0.25, -0.2) is 0 Å². The molecule has 110 valence electrons. The number of benzene rings is 2. The molecule has 1 heterocycles. The number of allylic oxidation sites excluding steroid dienone is 2. The van der Waals surface area contributed by atoms with Crippen molar-refractivity contribution in [1.82, 2.24) is 0 Å². The molecule has 0 bridgehead atoms. The van der Waals surface area contributed by atoms with Crippen LogP contribution >= 0.6 is 0 Å². The molecule has 0 amide bonds. The third-order valence-electron chi connectivity index (χ3n) is 3.86. The van der Waals surface area contributed by atoms with Gasteiger partial charge in [0.1, 0.15) is 6.17 Å². The van der Waals surface area contributed by atoms with Gasteiger partial charge in [0, 0.05) is 5.69 Å². The molecule has 2 aromatic rings. The van der Waals surface area contributed by atoms with Gasteiger partial charge in [-0.2, -0.15) is 0 Å². The molecule has 0 aromatic heterocycles. The summed E-state index contributed by atoms with van der Waals surface area (Å²) in [4.78, 5) is 2.30. The molecule has 1 atom stereocenters. The lowest BCUT2D eigenvalue weighted by Crippen LogP contribution is -2.33. The summed E-state index contributed by atoms with van der Waals surface area (Å²) in [6, 6.07) is 16.9. The van der Waals surface area contributed by atoms with Gasteiger partial charge in [-0.15, -0.1) is 0 Å². The summed E-state index contributed by atoms with van der Waals surface area (Å²) >= 11 is 0. The van der Waals surface area contributed by atoms with Gasteiger partial charge in [-0.3, -0.25) is 0 Å². The van der Waals surface area contributed by atoms with E-state index in [0.29, 0.717) is 0 Å². The van der Waals surface area contributed by atoms with Crippen LogP contribution in [0.2, 0.25) is 0 Å². The van der Waals surface area contributed by atoms with E-state index in [-0.39, 0.29) is 6.17 Å².